The van der Waals surface area contributed by atoms with Crippen LogP contribution in [0.5, 0.6) is 5.75 Å². The largest absolute Gasteiger partial charge is 0.497 e. The molecule has 8 nitrogen and oxygen atoms in total. The number of aromatic nitrogens is 4. The van der Waals surface area contributed by atoms with Crippen LogP contribution in [0.4, 0.5) is 5.69 Å². The molecule has 5 rings (SSSR count). The van der Waals surface area contributed by atoms with Gasteiger partial charge in [0.05, 0.1) is 30.5 Å². The minimum Gasteiger partial charge on any atom is -0.497 e. The van der Waals surface area contributed by atoms with Gasteiger partial charge >= 0.3 is 0 Å². The minimum absolute atomic E-state index is 0.109. The number of anilines is 1. The average molecular weight is 544 g/mol. The van der Waals surface area contributed by atoms with Gasteiger partial charge in [-0.25, -0.2) is 9.38 Å². The van der Waals surface area contributed by atoms with Gasteiger partial charge in [0.15, 0.2) is 16.0 Å². The van der Waals surface area contributed by atoms with Gasteiger partial charge in [0.1, 0.15) is 10.6 Å². The van der Waals surface area contributed by atoms with E-state index in [1.54, 1.807) is 30.2 Å². The standard InChI is InChI=1S/C25H29N5O3S3/c1-5-11-34-23-27-22-20(17-12-25(3,6-2)33-13-18(17)36-22)21-28-29-24(30(21)23)35-14-19(31)26-15-7-9-16(32-4)10-8-15/h7-10H,5-6,11-14H2,1-4H3,(H,26,31). The first-order chi connectivity index (χ1) is 17.4. The molecule has 1 aromatic carbocycles. The van der Waals surface area contributed by atoms with E-state index in [0.29, 0.717) is 11.8 Å². The van der Waals surface area contributed by atoms with Crippen LogP contribution in [0, 0.1) is 0 Å². The lowest BCUT2D eigenvalue weighted by molar-refractivity contribution is -0.113. The van der Waals surface area contributed by atoms with E-state index >= 15 is 0 Å². The zero-order chi connectivity index (χ0) is 25.3. The van der Waals surface area contributed by atoms with Crippen LogP contribution in [-0.4, -0.2) is 49.7 Å². The summed E-state index contributed by atoms with van der Waals surface area (Å²) in [5.74, 6) is 1.79. The van der Waals surface area contributed by atoms with Crippen molar-refractivity contribution >= 4 is 62.3 Å². The molecule has 0 saturated carbocycles. The molecule has 11 heteroatoms. The highest BCUT2D eigenvalue weighted by atomic mass is 32.2. The number of benzene rings is 1. The number of ether oxygens (including phenoxy) is 2. The summed E-state index contributed by atoms with van der Waals surface area (Å²) in [5.41, 5.74) is 2.62. The Morgan fingerprint density at radius 3 is 2.75 bits per heavy atom. The zero-order valence-electron chi connectivity index (χ0n) is 20.8. The number of carbonyl (C=O) groups is 1. The molecule has 0 fully saturated rings. The molecule has 0 aliphatic carbocycles. The SMILES string of the molecule is CCCSc1nc2sc3c(c2c2nnc(SCC(=O)Nc4ccc(OC)cc4)n12)CC(C)(CC)OC3. The number of methoxy groups -OCH3 is 1. The summed E-state index contributed by atoms with van der Waals surface area (Å²) >= 11 is 4.76. The van der Waals surface area contributed by atoms with E-state index in [9.17, 15) is 4.79 Å². The molecule has 0 spiro atoms. The topological polar surface area (TPSA) is 90.6 Å². The number of thioether (sulfide) groups is 2. The lowest BCUT2D eigenvalue weighted by Crippen LogP contribution is -2.33. The minimum atomic E-state index is -0.190. The van der Waals surface area contributed by atoms with Crippen LogP contribution in [0.25, 0.3) is 15.9 Å². The number of rotatable bonds is 9. The highest BCUT2D eigenvalue weighted by Crippen LogP contribution is 2.42. The molecule has 1 amide bonds. The average Bonchev–Trinajstić information content (AvgIpc) is 3.47. The van der Waals surface area contributed by atoms with Crippen molar-refractivity contribution in [2.45, 2.75) is 62.6 Å². The molecule has 1 N–H and O–H groups in total. The van der Waals surface area contributed by atoms with Crippen molar-refractivity contribution in [1.29, 1.82) is 0 Å². The predicted octanol–water partition coefficient (Wildman–Crippen LogP) is 5.82. The number of fused-ring (bicyclic) bond motifs is 5. The molecular formula is C25H29N5O3S3. The number of carbonyl (C=O) groups excluding carboxylic acids is 1. The quantitative estimate of drug-likeness (QED) is 0.209. The maximum Gasteiger partial charge on any atom is 0.234 e. The van der Waals surface area contributed by atoms with Crippen LogP contribution in [0.2, 0.25) is 0 Å². The molecule has 1 unspecified atom stereocenters. The number of hydrogen-bond acceptors (Lipinski definition) is 9. The van der Waals surface area contributed by atoms with Crippen LogP contribution in [0.3, 0.4) is 0 Å². The van der Waals surface area contributed by atoms with Crippen LogP contribution >= 0.6 is 34.9 Å². The Morgan fingerprint density at radius 2 is 2.03 bits per heavy atom. The van der Waals surface area contributed by atoms with Crippen molar-refractivity contribution in [2.75, 3.05) is 23.9 Å². The molecule has 36 heavy (non-hydrogen) atoms. The van der Waals surface area contributed by atoms with Crippen molar-refractivity contribution in [2.24, 2.45) is 0 Å². The molecule has 3 aromatic heterocycles. The lowest BCUT2D eigenvalue weighted by atomic mass is 9.90. The van der Waals surface area contributed by atoms with Gasteiger partial charge < -0.3 is 14.8 Å². The second-order valence-corrected chi connectivity index (χ2v) is 12.0. The molecular weight excluding hydrogens is 515 g/mol. The van der Waals surface area contributed by atoms with Crippen LogP contribution in [0.15, 0.2) is 34.6 Å². The number of amides is 1. The molecule has 190 valence electrons. The number of thiophene rings is 1. The Morgan fingerprint density at radius 1 is 1.22 bits per heavy atom. The van der Waals surface area contributed by atoms with E-state index in [0.717, 1.165) is 57.5 Å². The summed E-state index contributed by atoms with van der Waals surface area (Å²) < 4.78 is 13.4. The maximum atomic E-state index is 12.7. The third-order valence-corrected chi connectivity index (χ3v) is 9.48. The van der Waals surface area contributed by atoms with Gasteiger partial charge in [-0.15, -0.1) is 21.5 Å². The van der Waals surface area contributed by atoms with Crippen molar-refractivity contribution in [3.8, 4) is 5.75 Å². The fourth-order valence-electron chi connectivity index (χ4n) is 4.13. The molecule has 4 aromatic rings. The van der Waals surface area contributed by atoms with Gasteiger partial charge in [-0.05, 0) is 49.6 Å². The van der Waals surface area contributed by atoms with Crippen molar-refractivity contribution in [3.63, 3.8) is 0 Å². The Balaban J connectivity index is 1.46. The second-order valence-electron chi connectivity index (χ2n) is 8.90. The van der Waals surface area contributed by atoms with E-state index < -0.39 is 0 Å². The lowest BCUT2D eigenvalue weighted by Gasteiger charge is -2.33. The molecule has 4 heterocycles. The summed E-state index contributed by atoms with van der Waals surface area (Å²) in [4.78, 5) is 19.9. The zero-order valence-corrected chi connectivity index (χ0v) is 23.2. The molecule has 0 saturated heterocycles. The van der Waals surface area contributed by atoms with Gasteiger partial charge in [-0.2, -0.15) is 0 Å². The van der Waals surface area contributed by atoms with E-state index in [-0.39, 0.29) is 17.3 Å². The maximum absolute atomic E-state index is 12.7. The number of nitrogens with one attached hydrogen (secondary N) is 1. The van der Waals surface area contributed by atoms with Crippen LogP contribution < -0.4 is 10.1 Å². The van der Waals surface area contributed by atoms with E-state index in [4.69, 9.17) is 14.5 Å². The molecule has 0 bridgehead atoms. The summed E-state index contributed by atoms with van der Waals surface area (Å²) in [5, 5.41) is 14.6. The number of hydrogen-bond donors (Lipinski definition) is 1. The molecule has 1 atom stereocenters. The Hall–Kier alpha value is -2.34. The van der Waals surface area contributed by atoms with Crippen molar-refractivity contribution < 1.29 is 14.3 Å². The van der Waals surface area contributed by atoms with Gasteiger partial charge in [-0.3, -0.25) is 4.79 Å². The molecule has 0 radical (unpaired) electrons. The first-order valence-electron chi connectivity index (χ1n) is 12.0. The third kappa shape index (κ3) is 4.93. The first kappa shape index (κ1) is 25.3. The fraction of sp³-hybridized carbons (Fsp3) is 0.440. The Labute approximate surface area is 222 Å². The van der Waals surface area contributed by atoms with Crippen molar-refractivity contribution in [3.05, 3.63) is 34.7 Å². The monoisotopic (exact) mass is 543 g/mol. The second kappa shape index (κ2) is 10.6. The van der Waals surface area contributed by atoms with Crippen molar-refractivity contribution in [1.82, 2.24) is 19.6 Å². The van der Waals surface area contributed by atoms with Gasteiger partial charge in [0, 0.05) is 22.7 Å². The van der Waals surface area contributed by atoms with E-state index in [1.807, 2.05) is 28.7 Å². The Kier molecular flexibility index (Phi) is 7.43. The summed E-state index contributed by atoms with van der Waals surface area (Å²) in [7, 11) is 1.62. The summed E-state index contributed by atoms with van der Waals surface area (Å²) in [6.45, 7) is 7.09. The van der Waals surface area contributed by atoms with Crippen LogP contribution in [-0.2, 0) is 22.6 Å². The van der Waals surface area contributed by atoms with Gasteiger partial charge in [-0.1, -0.05) is 37.4 Å². The first-order valence-corrected chi connectivity index (χ1v) is 14.8. The normalized spacial score (nSPS) is 17.4. The molecule has 1 aliphatic heterocycles. The highest BCUT2D eigenvalue weighted by molar-refractivity contribution is 8.00. The van der Waals surface area contributed by atoms with E-state index in [1.165, 1.54) is 22.2 Å². The third-order valence-electron chi connectivity index (χ3n) is 6.31. The van der Waals surface area contributed by atoms with Crippen LogP contribution in [0.1, 0.15) is 44.1 Å². The Bertz CT molecular complexity index is 1400. The summed E-state index contributed by atoms with van der Waals surface area (Å²) in [6, 6.07) is 7.28. The van der Waals surface area contributed by atoms with E-state index in [2.05, 4.69) is 36.3 Å². The summed E-state index contributed by atoms with van der Waals surface area (Å²) in [6.07, 6.45) is 2.80. The van der Waals surface area contributed by atoms with Gasteiger partial charge in [0.25, 0.3) is 0 Å². The predicted molar refractivity (Wildman–Crippen MR) is 147 cm³/mol. The van der Waals surface area contributed by atoms with Gasteiger partial charge in [0.2, 0.25) is 5.91 Å². The molecule has 1 aliphatic rings. The highest BCUT2D eigenvalue weighted by Gasteiger charge is 2.33. The number of nitrogens with zero attached hydrogens (tertiary/aromatic N) is 4. The fourth-order valence-corrected chi connectivity index (χ4v) is 6.92. The smallest absolute Gasteiger partial charge is 0.234 e.